The van der Waals surface area contributed by atoms with Crippen LogP contribution in [0.4, 0.5) is 17.1 Å². The van der Waals surface area contributed by atoms with E-state index in [4.69, 9.17) is 9.73 Å². The third kappa shape index (κ3) is 3.54. The van der Waals surface area contributed by atoms with E-state index in [0.29, 0.717) is 0 Å². The van der Waals surface area contributed by atoms with E-state index in [1.165, 1.54) is 51.7 Å². The van der Waals surface area contributed by atoms with E-state index < -0.39 is 0 Å². The van der Waals surface area contributed by atoms with Gasteiger partial charge >= 0.3 is 0 Å². The van der Waals surface area contributed by atoms with Crippen molar-refractivity contribution in [3.8, 4) is 5.75 Å². The van der Waals surface area contributed by atoms with Gasteiger partial charge in [0.2, 0.25) is 0 Å². The zero-order chi connectivity index (χ0) is 21.4. The molecular weight excluding hydrogens is 382 g/mol. The van der Waals surface area contributed by atoms with Gasteiger partial charge in [0.25, 0.3) is 0 Å². The summed E-state index contributed by atoms with van der Waals surface area (Å²) in [6.45, 7) is 4.54. The van der Waals surface area contributed by atoms with Gasteiger partial charge in [-0.25, -0.2) is 4.99 Å². The average Bonchev–Trinajstić information content (AvgIpc) is 2.82. The molecule has 3 aromatic rings. The number of aryl methyl sites for hydroxylation is 2. The third-order valence-corrected chi connectivity index (χ3v) is 6.73. The first-order valence-electron chi connectivity index (χ1n) is 11.5. The van der Waals surface area contributed by atoms with Crippen LogP contribution >= 0.6 is 0 Å². The summed E-state index contributed by atoms with van der Waals surface area (Å²) >= 11 is 0. The number of ether oxygens (including phenoxy) is 1. The van der Waals surface area contributed by atoms with E-state index in [0.717, 1.165) is 43.8 Å². The van der Waals surface area contributed by atoms with Crippen molar-refractivity contribution in [2.75, 3.05) is 37.0 Å². The van der Waals surface area contributed by atoms with E-state index in [9.17, 15) is 0 Å². The molecule has 4 nitrogen and oxygen atoms in total. The first kappa shape index (κ1) is 19.9. The maximum Gasteiger partial charge on any atom is 0.149 e. The molecule has 0 aliphatic carbocycles. The lowest BCUT2D eigenvalue weighted by molar-refractivity contribution is 0.408. The van der Waals surface area contributed by atoms with Gasteiger partial charge in [-0.05, 0) is 72.2 Å². The zero-order valence-electron chi connectivity index (χ0n) is 18.8. The van der Waals surface area contributed by atoms with Gasteiger partial charge in [-0.15, -0.1) is 0 Å². The number of fused-ring (bicyclic) bond motifs is 1. The number of nitrogens with zero attached hydrogens (tertiary/aromatic N) is 3. The van der Waals surface area contributed by atoms with Crippen LogP contribution in [-0.4, -0.2) is 33.6 Å². The second-order valence-electron chi connectivity index (χ2n) is 8.65. The Hall–Kier alpha value is -3.01. The summed E-state index contributed by atoms with van der Waals surface area (Å²) in [7, 11) is 3.87. The smallest absolute Gasteiger partial charge is 0.149 e. The summed E-state index contributed by atoms with van der Waals surface area (Å²) in [6.07, 6.45) is 7.55. The zero-order valence-corrected chi connectivity index (χ0v) is 18.8. The molecule has 0 atom stereocenters. The minimum absolute atomic E-state index is 0.948. The number of benzene rings is 3. The normalized spacial score (nSPS) is 15.4. The highest BCUT2D eigenvalue weighted by Crippen LogP contribution is 2.45. The lowest BCUT2D eigenvalue weighted by Gasteiger charge is -2.37. The van der Waals surface area contributed by atoms with Gasteiger partial charge in [0.15, 0.2) is 0 Å². The lowest BCUT2D eigenvalue weighted by Crippen LogP contribution is -2.34. The van der Waals surface area contributed by atoms with Gasteiger partial charge in [-0.2, -0.15) is 0 Å². The molecule has 0 spiro atoms. The molecule has 0 saturated heterocycles. The number of methoxy groups -OCH3 is 1. The Morgan fingerprint density at radius 2 is 1.81 bits per heavy atom. The summed E-state index contributed by atoms with van der Waals surface area (Å²) in [5.74, 6) is 0.948. The number of hydrogen-bond donors (Lipinski definition) is 0. The van der Waals surface area contributed by atoms with Crippen LogP contribution in [-0.2, 0) is 19.3 Å². The van der Waals surface area contributed by atoms with Crippen molar-refractivity contribution in [2.45, 2.75) is 39.0 Å². The van der Waals surface area contributed by atoms with Crippen LogP contribution in [0.25, 0.3) is 10.8 Å². The summed E-state index contributed by atoms with van der Waals surface area (Å²) < 4.78 is 5.90. The first-order chi connectivity index (χ1) is 15.2. The maximum atomic E-state index is 5.90. The predicted octanol–water partition coefficient (Wildman–Crippen LogP) is 5.91. The van der Waals surface area contributed by atoms with E-state index in [2.05, 4.69) is 66.2 Å². The minimum atomic E-state index is 0.948. The van der Waals surface area contributed by atoms with E-state index >= 15 is 0 Å². The van der Waals surface area contributed by atoms with Gasteiger partial charge in [0.05, 0.1) is 13.4 Å². The second kappa shape index (κ2) is 8.26. The molecule has 4 heteroatoms. The Morgan fingerprint density at radius 3 is 2.55 bits per heavy atom. The third-order valence-electron chi connectivity index (χ3n) is 6.73. The highest BCUT2D eigenvalue weighted by molar-refractivity contribution is 5.92. The molecule has 160 valence electrons. The van der Waals surface area contributed by atoms with Gasteiger partial charge < -0.3 is 14.5 Å². The molecule has 5 rings (SSSR count). The quantitative estimate of drug-likeness (QED) is 0.385. The van der Waals surface area contributed by atoms with Gasteiger partial charge in [-0.1, -0.05) is 31.2 Å². The van der Waals surface area contributed by atoms with E-state index in [1.54, 1.807) is 7.11 Å². The standard InChI is InChI=1S/C27H31N3O/c1-4-19-15-20-9-5-6-10-21(20)17-25(19)29(2)18-28-24-16-22-11-7-13-30-14-8-12-23(26(22)30)27(24)31-3/h5-6,9-10,15-18H,4,7-8,11-14H2,1-3H3/b28-18-. The molecule has 0 aromatic heterocycles. The Labute approximate surface area is 185 Å². The van der Waals surface area contributed by atoms with Crippen molar-refractivity contribution in [3.05, 3.63) is 59.2 Å². The number of hydrogen-bond acceptors (Lipinski definition) is 3. The average molecular weight is 414 g/mol. The molecule has 2 aliphatic heterocycles. The molecule has 31 heavy (non-hydrogen) atoms. The lowest BCUT2D eigenvalue weighted by atomic mass is 9.90. The summed E-state index contributed by atoms with van der Waals surface area (Å²) in [5, 5.41) is 2.54. The molecule has 0 unspecified atom stereocenters. The molecule has 0 radical (unpaired) electrons. The molecule has 3 aromatic carbocycles. The largest absolute Gasteiger partial charge is 0.494 e. The van der Waals surface area contributed by atoms with Crippen LogP contribution in [0.3, 0.4) is 0 Å². The van der Waals surface area contributed by atoms with Gasteiger partial charge in [-0.3, -0.25) is 0 Å². The van der Waals surface area contributed by atoms with Crippen LogP contribution in [0.1, 0.15) is 36.5 Å². The van der Waals surface area contributed by atoms with Crippen molar-refractivity contribution in [2.24, 2.45) is 4.99 Å². The van der Waals surface area contributed by atoms with Crippen LogP contribution in [0.2, 0.25) is 0 Å². The van der Waals surface area contributed by atoms with Crippen molar-refractivity contribution in [1.82, 2.24) is 0 Å². The van der Waals surface area contributed by atoms with Crippen LogP contribution in [0.15, 0.2) is 47.5 Å². The fourth-order valence-corrected chi connectivity index (χ4v) is 5.24. The van der Waals surface area contributed by atoms with Crippen molar-refractivity contribution < 1.29 is 4.74 Å². The fraction of sp³-hybridized carbons (Fsp3) is 0.370. The van der Waals surface area contributed by atoms with Crippen LogP contribution in [0, 0.1) is 0 Å². The number of rotatable bonds is 5. The molecule has 2 aliphatic rings. The maximum absolute atomic E-state index is 5.90. The second-order valence-corrected chi connectivity index (χ2v) is 8.65. The molecule has 0 fully saturated rings. The van der Waals surface area contributed by atoms with Crippen LogP contribution in [0.5, 0.6) is 5.75 Å². The molecule has 0 saturated carbocycles. The van der Waals surface area contributed by atoms with Gasteiger partial charge in [0, 0.05) is 37.1 Å². The number of aliphatic imine (C=N–C) groups is 1. The monoisotopic (exact) mass is 413 g/mol. The highest BCUT2D eigenvalue weighted by Gasteiger charge is 2.28. The Balaban J connectivity index is 1.53. The fourth-order valence-electron chi connectivity index (χ4n) is 5.24. The molecule has 0 amide bonds. The van der Waals surface area contributed by atoms with Crippen molar-refractivity contribution >= 4 is 34.2 Å². The molecule has 2 heterocycles. The van der Waals surface area contributed by atoms with Crippen molar-refractivity contribution in [3.63, 3.8) is 0 Å². The van der Waals surface area contributed by atoms with E-state index in [1.807, 2.05) is 6.34 Å². The highest BCUT2D eigenvalue weighted by atomic mass is 16.5. The Bertz CT molecular complexity index is 1150. The van der Waals surface area contributed by atoms with Crippen LogP contribution < -0.4 is 14.5 Å². The molecular formula is C27H31N3O. The molecule has 0 bridgehead atoms. The Morgan fingerprint density at radius 1 is 1.06 bits per heavy atom. The van der Waals surface area contributed by atoms with E-state index in [-0.39, 0.29) is 0 Å². The van der Waals surface area contributed by atoms with Crippen molar-refractivity contribution in [1.29, 1.82) is 0 Å². The predicted molar refractivity (Wildman–Crippen MR) is 132 cm³/mol. The minimum Gasteiger partial charge on any atom is -0.494 e. The SMILES string of the molecule is CCc1cc2ccccc2cc1N(C)/C=N\c1cc2c3c(c1OC)CCCN3CCC2. The summed E-state index contributed by atoms with van der Waals surface area (Å²) in [4.78, 5) is 9.62. The Kier molecular flexibility index (Phi) is 5.31. The van der Waals surface area contributed by atoms with Gasteiger partial charge in [0.1, 0.15) is 11.4 Å². The molecule has 0 N–H and O–H groups in total. The summed E-state index contributed by atoms with van der Waals surface area (Å²) in [5.41, 5.74) is 7.68. The summed E-state index contributed by atoms with van der Waals surface area (Å²) in [6, 6.07) is 15.4. The first-order valence-corrected chi connectivity index (χ1v) is 11.5. The number of anilines is 2. The topological polar surface area (TPSA) is 28.1 Å².